The van der Waals surface area contributed by atoms with Gasteiger partial charge in [0.1, 0.15) is 0 Å². The molecular weight excluding hydrogens is 314 g/mol. The van der Waals surface area contributed by atoms with Gasteiger partial charge < -0.3 is 19.8 Å². The van der Waals surface area contributed by atoms with E-state index in [0.717, 1.165) is 37.9 Å². The highest BCUT2D eigenvalue weighted by Gasteiger charge is 2.55. The molecule has 0 aromatic heterocycles. The first kappa shape index (κ1) is 17.2. The predicted molar refractivity (Wildman–Crippen MR) is 90.6 cm³/mol. The van der Waals surface area contributed by atoms with Crippen LogP contribution in [0.5, 0.6) is 0 Å². The van der Waals surface area contributed by atoms with Crippen LogP contribution >= 0.6 is 11.6 Å². The van der Waals surface area contributed by atoms with Crippen LogP contribution in [-0.2, 0) is 4.74 Å². The summed E-state index contributed by atoms with van der Waals surface area (Å²) in [5, 5.41) is 21.3. The molecule has 23 heavy (non-hydrogen) atoms. The number of aliphatic hydroxyl groups is 2. The molecule has 2 fully saturated rings. The smallest absolute Gasteiger partial charge is 0.0931 e. The third-order valence-electron chi connectivity index (χ3n) is 5.59. The van der Waals surface area contributed by atoms with Crippen LogP contribution in [-0.4, -0.2) is 53.6 Å². The average Bonchev–Trinajstić information content (AvgIpc) is 2.56. The van der Waals surface area contributed by atoms with Gasteiger partial charge in [0.15, 0.2) is 0 Å². The number of ether oxygens (including phenoxy) is 1. The lowest BCUT2D eigenvalue weighted by Crippen LogP contribution is -2.62. The molecule has 1 aromatic rings. The van der Waals surface area contributed by atoms with Crippen LogP contribution in [0.25, 0.3) is 0 Å². The van der Waals surface area contributed by atoms with Crippen molar-refractivity contribution in [1.82, 2.24) is 4.90 Å². The fraction of sp³-hybridized carbons (Fsp3) is 0.667. The number of rotatable bonds is 5. The minimum Gasteiger partial charge on any atom is -0.392 e. The summed E-state index contributed by atoms with van der Waals surface area (Å²) in [6.07, 6.45) is 1.98. The number of halogens is 1. The van der Waals surface area contributed by atoms with Crippen molar-refractivity contribution in [3.63, 3.8) is 0 Å². The van der Waals surface area contributed by atoms with Crippen LogP contribution < -0.4 is 0 Å². The third kappa shape index (κ3) is 3.28. The highest BCUT2D eigenvalue weighted by molar-refractivity contribution is 6.31. The first-order valence-electron chi connectivity index (χ1n) is 8.51. The molecule has 1 heterocycles. The maximum atomic E-state index is 10.4. The third-order valence-corrected chi connectivity index (χ3v) is 5.94. The van der Waals surface area contributed by atoms with Gasteiger partial charge in [-0.3, -0.25) is 0 Å². The Balaban J connectivity index is 1.56. The van der Waals surface area contributed by atoms with Gasteiger partial charge in [0, 0.05) is 35.6 Å². The van der Waals surface area contributed by atoms with E-state index in [4.69, 9.17) is 16.3 Å². The van der Waals surface area contributed by atoms with Crippen LogP contribution in [0.1, 0.15) is 37.9 Å². The van der Waals surface area contributed by atoms with Crippen molar-refractivity contribution in [3.8, 4) is 0 Å². The molecule has 3 atom stereocenters. The van der Waals surface area contributed by atoms with Crippen molar-refractivity contribution in [2.75, 3.05) is 26.2 Å². The van der Waals surface area contributed by atoms with Crippen molar-refractivity contribution in [1.29, 1.82) is 0 Å². The maximum Gasteiger partial charge on any atom is 0.0931 e. The summed E-state index contributed by atoms with van der Waals surface area (Å²) in [6.45, 7) is 5.04. The highest BCUT2D eigenvalue weighted by Crippen LogP contribution is 2.51. The van der Waals surface area contributed by atoms with Crippen molar-refractivity contribution < 1.29 is 14.9 Å². The molecule has 128 valence electrons. The average molecular weight is 340 g/mol. The van der Waals surface area contributed by atoms with E-state index in [-0.39, 0.29) is 17.6 Å². The van der Waals surface area contributed by atoms with Crippen molar-refractivity contribution >= 4 is 11.6 Å². The minimum atomic E-state index is -0.577. The topological polar surface area (TPSA) is 52.9 Å². The van der Waals surface area contributed by atoms with Gasteiger partial charge in [0.25, 0.3) is 0 Å². The second-order valence-corrected chi connectivity index (χ2v) is 7.17. The second kappa shape index (κ2) is 7.08. The van der Waals surface area contributed by atoms with Gasteiger partial charge in [0.2, 0.25) is 0 Å². The Morgan fingerprint density at radius 2 is 2.04 bits per heavy atom. The zero-order valence-electron chi connectivity index (χ0n) is 13.6. The number of likely N-dealkylation sites (tertiary alicyclic amines) is 1. The molecule has 2 aliphatic rings. The van der Waals surface area contributed by atoms with Crippen LogP contribution in [0.15, 0.2) is 24.3 Å². The first-order chi connectivity index (χ1) is 11.1. The molecule has 1 aromatic carbocycles. The molecule has 5 heteroatoms. The standard InChI is InChI=1S/C18H26ClNO3/c1-2-23-17-11-16(22)18(17)7-9-20(10-8-18)12-15(21)13-5-3-4-6-14(13)19/h3-6,15-17,21-22H,2,7-12H2,1H3. The van der Waals surface area contributed by atoms with E-state index in [1.165, 1.54) is 0 Å². The van der Waals surface area contributed by atoms with E-state index >= 15 is 0 Å². The molecule has 3 unspecified atom stereocenters. The Morgan fingerprint density at radius 1 is 1.35 bits per heavy atom. The van der Waals surface area contributed by atoms with Crippen LogP contribution in [0.3, 0.4) is 0 Å². The molecule has 0 bridgehead atoms. The molecule has 0 amide bonds. The predicted octanol–water partition coefficient (Wildman–Crippen LogP) is 2.63. The molecule has 1 saturated heterocycles. The fourth-order valence-electron chi connectivity index (χ4n) is 4.06. The zero-order chi connectivity index (χ0) is 16.4. The van der Waals surface area contributed by atoms with Gasteiger partial charge in [0.05, 0.1) is 18.3 Å². The molecule has 2 N–H and O–H groups in total. The Kier molecular flexibility index (Phi) is 5.29. The molecule has 4 nitrogen and oxygen atoms in total. The van der Waals surface area contributed by atoms with E-state index < -0.39 is 6.10 Å². The largest absolute Gasteiger partial charge is 0.392 e. The van der Waals surface area contributed by atoms with E-state index in [9.17, 15) is 10.2 Å². The van der Waals surface area contributed by atoms with Gasteiger partial charge in [-0.2, -0.15) is 0 Å². The summed E-state index contributed by atoms with van der Waals surface area (Å²) >= 11 is 6.16. The highest BCUT2D eigenvalue weighted by atomic mass is 35.5. The number of hydrogen-bond donors (Lipinski definition) is 2. The van der Waals surface area contributed by atoms with Gasteiger partial charge in [-0.15, -0.1) is 0 Å². The van der Waals surface area contributed by atoms with Crippen LogP contribution in [0.2, 0.25) is 5.02 Å². The molecule has 1 aliphatic carbocycles. The Hall–Kier alpha value is -0.650. The van der Waals surface area contributed by atoms with E-state index in [1.807, 2.05) is 31.2 Å². The SMILES string of the molecule is CCOC1CC(O)C12CCN(CC(O)c1ccccc1Cl)CC2. The number of hydrogen-bond acceptors (Lipinski definition) is 4. The number of piperidine rings is 1. The Bertz CT molecular complexity index is 529. The van der Waals surface area contributed by atoms with Gasteiger partial charge in [-0.25, -0.2) is 0 Å². The fourth-order valence-corrected chi connectivity index (χ4v) is 4.32. The summed E-state index contributed by atoms with van der Waals surface area (Å²) in [7, 11) is 0. The zero-order valence-corrected chi connectivity index (χ0v) is 14.4. The number of nitrogens with zero attached hydrogens (tertiary/aromatic N) is 1. The molecule has 1 spiro atoms. The van der Waals surface area contributed by atoms with Gasteiger partial charge >= 0.3 is 0 Å². The minimum absolute atomic E-state index is 0.0676. The molecule has 3 rings (SSSR count). The lowest BCUT2D eigenvalue weighted by atomic mass is 9.58. The van der Waals surface area contributed by atoms with Crippen molar-refractivity contribution in [2.24, 2.45) is 5.41 Å². The summed E-state index contributed by atoms with van der Waals surface area (Å²) in [5.74, 6) is 0. The first-order valence-corrected chi connectivity index (χ1v) is 8.89. The second-order valence-electron chi connectivity index (χ2n) is 6.77. The normalized spacial score (nSPS) is 28.5. The Morgan fingerprint density at radius 3 is 2.65 bits per heavy atom. The summed E-state index contributed by atoms with van der Waals surface area (Å²) in [5.41, 5.74) is 0.715. The molecule has 0 radical (unpaired) electrons. The monoisotopic (exact) mass is 339 g/mol. The molecule has 1 aliphatic heterocycles. The van der Waals surface area contributed by atoms with E-state index in [0.29, 0.717) is 18.2 Å². The number of aliphatic hydroxyl groups excluding tert-OH is 2. The number of β-amino-alcohol motifs (C(OH)–C–C–N with tert-alkyl or cyclic N) is 1. The van der Waals surface area contributed by atoms with Gasteiger partial charge in [-0.1, -0.05) is 29.8 Å². The Labute approximate surface area is 143 Å². The lowest BCUT2D eigenvalue weighted by Gasteiger charge is -2.56. The quantitative estimate of drug-likeness (QED) is 0.866. The summed E-state index contributed by atoms with van der Waals surface area (Å²) in [4.78, 5) is 2.26. The van der Waals surface area contributed by atoms with Crippen molar-refractivity contribution in [3.05, 3.63) is 34.9 Å². The lowest BCUT2D eigenvalue weighted by molar-refractivity contribution is -0.210. The van der Waals surface area contributed by atoms with E-state index in [2.05, 4.69) is 4.90 Å². The summed E-state index contributed by atoms with van der Waals surface area (Å²) < 4.78 is 5.80. The van der Waals surface area contributed by atoms with Crippen LogP contribution in [0.4, 0.5) is 0 Å². The summed E-state index contributed by atoms with van der Waals surface area (Å²) in [6, 6.07) is 7.45. The van der Waals surface area contributed by atoms with Gasteiger partial charge in [-0.05, 0) is 38.9 Å². The van der Waals surface area contributed by atoms with Crippen LogP contribution in [0, 0.1) is 5.41 Å². The molecule has 1 saturated carbocycles. The number of benzene rings is 1. The molecular formula is C18H26ClNO3. The maximum absolute atomic E-state index is 10.4. The van der Waals surface area contributed by atoms with E-state index in [1.54, 1.807) is 0 Å². The van der Waals surface area contributed by atoms with Crippen molar-refractivity contribution in [2.45, 2.75) is 44.5 Å².